The third-order valence-corrected chi connectivity index (χ3v) is 4.38. The second kappa shape index (κ2) is 6.75. The van der Waals surface area contributed by atoms with Crippen LogP contribution in [-0.2, 0) is 0 Å². The Hall–Kier alpha value is -0.550. The molecule has 0 aliphatic carbocycles. The van der Waals surface area contributed by atoms with Crippen LogP contribution in [0.4, 0.5) is 5.69 Å². The lowest BCUT2D eigenvalue weighted by atomic mass is 10.1. The molecule has 2 nitrogen and oxygen atoms in total. The molecule has 0 saturated heterocycles. The van der Waals surface area contributed by atoms with E-state index in [2.05, 4.69) is 37.2 Å². The van der Waals surface area contributed by atoms with Crippen LogP contribution in [0.2, 0.25) is 5.02 Å². The Morgan fingerprint density at radius 2 is 1.95 bits per heavy atom. The highest BCUT2D eigenvalue weighted by atomic mass is 79.9. The molecule has 1 atom stereocenters. The van der Waals surface area contributed by atoms with Gasteiger partial charge < -0.3 is 10.4 Å². The molecule has 0 saturated carbocycles. The highest BCUT2D eigenvalue weighted by Crippen LogP contribution is 2.26. The fourth-order valence-corrected chi connectivity index (χ4v) is 2.50. The molecular weight excluding hydrogens is 393 g/mol. The van der Waals surface area contributed by atoms with Gasteiger partial charge in [-0.1, -0.05) is 39.7 Å². The van der Waals surface area contributed by atoms with Crippen molar-refractivity contribution in [2.75, 3.05) is 11.9 Å². The maximum absolute atomic E-state index is 10.1. The molecule has 0 bridgehead atoms. The van der Waals surface area contributed by atoms with E-state index in [9.17, 15) is 5.11 Å². The van der Waals surface area contributed by atoms with Crippen LogP contribution in [0.3, 0.4) is 0 Å². The van der Waals surface area contributed by atoms with Gasteiger partial charge in [-0.25, -0.2) is 0 Å². The molecule has 2 rings (SSSR count). The standard InChI is InChI=1S/C14H12Br2ClNO/c15-10-3-1-2-9(6-10)14(19)8-18-11-4-5-12(16)13(17)7-11/h1-7,14,18-19H,8H2. The predicted molar refractivity (Wildman–Crippen MR) is 86.7 cm³/mol. The maximum Gasteiger partial charge on any atom is 0.0962 e. The smallest absolute Gasteiger partial charge is 0.0962 e. The van der Waals surface area contributed by atoms with Crippen LogP contribution in [0.5, 0.6) is 0 Å². The number of halogens is 3. The topological polar surface area (TPSA) is 32.3 Å². The van der Waals surface area contributed by atoms with Crippen LogP contribution >= 0.6 is 43.5 Å². The van der Waals surface area contributed by atoms with Gasteiger partial charge in [0.2, 0.25) is 0 Å². The van der Waals surface area contributed by atoms with E-state index in [4.69, 9.17) is 11.6 Å². The van der Waals surface area contributed by atoms with E-state index in [0.29, 0.717) is 11.6 Å². The first-order chi connectivity index (χ1) is 9.06. The normalized spacial score (nSPS) is 12.2. The van der Waals surface area contributed by atoms with Crippen molar-refractivity contribution in [3.05, 3.63) is 62.0 Å². The number of benzene rings is 2. The van der Waals surface area contributed by atoms with Crippen molar-refractivity contribution < 1.29 is 5.11 Å². The summed E-state index contributed by atoms with van der Waals surface area (Å²) in [5, 5.41) is 13.9. The Morgan fingerprint density at radius 1 is 1.16 bits per heavy atom. The summed E-state index contributed by atoms with van der Waals surface area (Å²) >= 11 is 12.7. The number of anilines is 1. The lowest BCUT2D eigenvalue weighted by molar-refractivity contribution is 0.191. The highest BCUT2D eigenvalue weighted by molar-refractivity contribution is 9.10. The van der Waals surface area contributed by atoms with Gasteiger partial charge in [-0.3, -0.25) is 0 Å². The van der Waals surface area contributed by atoms with Crippen molar-refractivity contribution in [2.45, 2.75) is 6.10 Å². The number of nitrogens with one attached hydrogen (secondary N) is 1. The fraction of sp³-hybridized carbons (Fsp3) is 0.143. The SMILES string of the molecule is OC(CNc1ccc(Br)c(Cl)c1)c1cccc(Br)c1. The molecule has 5 heteroatoms. The number of rotatable bonds is 4. The molecule has 1 unspecified atom stereocenters. The molecule has 19 heavy (non-hydrogen) atoms. The van der Waals surface area contributed by atoms with E-state index in [1.807, 2.05) is 42.5 Å². The van der Waals surface area contributed by atoms with Gasteiger partial charge in [0, 0.05) is 21.2 Å². The maximum atomic E-state index is 10.1. The van der Waals surface area contributed by atoms with E-state index >= 15 is 0 Å². The summed E-state index contributed by atoms with van der Waals surface area (Å²) in [6.45, 7) is 0.425. The first-order valence-corrected chi connectivity index (χ1v) is 7.65. The molecule has 0 radical (unpaired) electrons. The van der Waals surface area contributed by atoms with Crippen molar-refractivity contribution >= 4 is 49.1 Å². The van der Waals surface area contributed by atoms with Gasteiger partial charge in [-0.2, -0.15) is 0 Å². The van der Waals surface area contributed by atoms with Gasteiger partial charge in [0.15, 0.2) is 0 Å². The third kappa shape index (κ3) is 4.21. The summed E-state index contributed by atoms with van der Waals surface area (Å²) in [6, 6.07) is 13.2. The van der Waals surface area contributed by atoms with Crippen molar-refractivity contribution in [1.82, 2.24) is 0 Å². The van der Waals surface area contributed by atoms with Crippen molar-refractivity contribution in [3.63, 3.8) is 0 Å². The van der Waals surface area contributed by atoms with Crippen LogP contribution in [0.25, 0.3) is 0 Å². The van der Waals surface area contributed by atoms with E-state index in [0.717, 1.165) is 20.2 Å². The molecule has 2 aromatic rings. The summed E-state index contributed by atoms with van der Waals surface area (Å²) < 4.78 is 1.81. The summed E-state index contributed by atoms with van der Waals surface area (Å²) in [5.41, 5.74) is 1.74. The Morgan fingerprint density at radius 3 is 2.63 bits per heavy atom. The first kappa shape index (κ1) is 14.9. The fourth-order valence-electron chi connectivity index (χ4n) is 1.65. The van der Waals surface area contributed by atoms with Crippen LogP contribution in [0, 0.1) is 0 Å². The van der Waals surface area contributed by atoms with Crippen molar-refractivity contribution in [2.24, 2.45) is 0 Å². The minimum Gasteiger partial charge on any atom is -0.387 e. The van der Waals surface area contributed by atoms with Crippen LogP contribution < -0.4 is 5.32 Å². The largest absolute Gasteiger partial charge is 0.387 e. The average Bonchev–Trinajstić information content (AvgIpc) is 2.40. The quantitative estimate of drug-likeness (QED) is 0.749. The Kier molecular flexibility index (Phi) is 5.28. The zero-order valence-electron chi connectivity index (χ0n) is 9.91. The lowest BCUT2D eigenvalue weighted by Gasteiger charge is -2.14. The second-order valence-corrected chi connectivity index (χ2v) is 6.26. The number of hydrogen-bond acceptors (Lipinski definition) is 2. The monoisotopic (exact) mass is 403 g/mol. The lowest BCUT2D eigenvalue weighted by Crippen LogP contribution is -2.12. The summed E-state index contributed by atoms with van der Waals surface area (Å²) in [7, 11) is 0. The first-order valence-electron chi connectivity index (χ1n) is 5.69. The molecule has 0 heterocycles. The van der Waals surface area contributed by atoms with E-state index in [-0.39, 0.29) is 0 Å². The summed E-state index contributed by atoms with van der Waals surface area (Å²) in [5.74, 6) is 0. The van der Waals surface area contributed by atoms with Crippen molar-refractivity contribution in [1.29, 1.82) is 0 Å². The van der Waals surface area contributed by atoms with E-state index in [1.165, 1.54) is 0 Å². The van der Waals surface area contributed by atoms with Gasteiger partial charge in [0.25, 0.3) is 0 Å². The number of aliphatic hydroxyl groups excluding tert-OH is 1. The summed E-state index contributed by atoms with van der Waals surface area (Å²) in [6.07, 6.45) is -0.570. The molecule has 0 fully saturated rings. The molecule has 0 aromatic heterocycles. The summed E-state index contributed by atoms with van der Waals surface area (Å²) in [4.78, 5) is 0. The van der Waals surface area contributed by atoms with Gasteiger partial charge in [-0.05, 0) is 51.8 Å². The zero-order valence-corrected chi connectivity index (χ0v) is 13.8. The Labute approximate surface area is 134 Å². The number of hydrogen-bond donors (Lipinski definition) is 2. The highest BCUT2D eigenvalue weighted by Gasteiger charge is 2.08. The number of aliphatic hydroxyl groups is 1. The molecule has 0 aliphatic rings. The van der Waals surface area contributed by atoms with Gasteiger partial charge in [0.1, 0.15) is 0 Å². The van der Waals surface area contributed by atoms with Crippen LogP contribution in [0.15, 0.2) is 51.4 Å². The molecule has 0 amide bonds. The van der Waals surface area contributed by atoms with Gasteiger partial charge in [-0.15, -0.1) is 0 Å². The minimum atomic E-state index is -0.570. The molecule has 2 aromatic carbocycles. The molecule has 0 aliphatic heterocycles. The second-order valence-electron chi connectivity index (χ2n) is 4.08. The van der Waals surface area contributed by atoms with Crippen LogP contribution in [-0.4, -0.2) is 11.7 Å². The van der Waals surface area contributed by atoms with Gasteiger partial charge in [0.05, 0.1) is 11.1 Å². The Bertz CT molecular complexity index is 577. The Balaban J connectivity index is 2.00. The van der Waals surface area contributed by atoms with E-state index < -0.39 is 6.10 Å². The predicted octanol–water partition coefficient (Wildman–Crippen LogP) is 5.01. The molecule has 0 spiro atoms. The van der Waals surface area contributed by atoms with Crippen LogP contribution in [0.1, 0.15) is 11.7 Å². The third-order valence-electron chi connectivity index (χ3n) is 2.65. The van der Waals surface area contributed by atoms with Crippen molar-refractivity contribution in [3.8, 4) is 0 Å². The van der Waals surface area contributed by atoms with E-state index in [1.54, 1.807) is 0 Å². The molecule has 2 N–H and O–H groups in total. The zero-order chi connectivity index (χ0) is 13.8. The minimum absolute atomic E-state index is 0.425. The molecular formula is C14H12Br2ClNO. The average molecular weight is 406 g/mol. The van der Waals surface area contributed by atoms with Gasteiger partial charge >= 0.3 is 0 Å². The molecule has 100 valence electrons.